The summed E-state index contributed by atoms with van der Waals surface area (Å²) in [5.74, 6) is -0.883. The third-order valence-electron chi connectivity index (χ3n) is 1.41. The number of nitrogens with one attached hydrogen (secondary N) is 1. The number of carboxylic acids is 1. The van der Waals surface area contributed by atoms with Gasteiger partial charge in [-0.05, 0) is 0 Å². The van der Waals surface area contributed by atoms with Crippen LogP contribution in [0.25, 0.3) is 0 Å². The summed E-state index contributed by atoms with van der Waals surface area (Å²) in [6.45, 7) is 0.400. The Morgan fingerprint density at radius 2 is 2.09 bits per heavy atom. The van der Waals surface area contributed by atoms with Crippen LogP contribution in [0.15, 0.2) is 0 Å². The van der Waals surface area contributed by atoms with Crippen molar-refractivity contribution in [2.75, 3.05) is 6.54 Å². The largest absolute Gasteiger partial charge is 0.480 e. The van der Waals surface area contributed by atoms with E-state index in [1.807, 2.05) is 0 Å². The molecular weight excluding hydrogens is 170 g/mol. The van der Waals surface area contributed by atoms with Gasteiger partial charge in [0.2, 0.25) is 0 Å². The van der Waals surface area contributed by atoms with Gasteiger partial charge >= 0.3 is 5.97 Å². The molecule has 0 amide bonds. The Kier molecular flexibility index (Phi) is 4.84. The Morgan fingerprint density at radius 3 is 2.27 bits per heavy atom. The van der Waals surface area contributed by atoms with Gasteiger partial charge in [-0.2, -0.15) is 4.21 Å². The van der Waals surface area contributed by atoms with Crippen molar-refractivity contribution in [2.45, 2.75) is 18.6 Å². The highest BCUT2D eigenvalue weighted by molar-refractivity contribution is 7.44. The van der Waals surface area contributed by atoms with E-state index in [9.17, 15) is 4.79 Å². The summed E-state index contributed by atoms with van der Waals surface area (Å²) in [6.07, 6.45) is -0.152. The van der Waals surface area contributed by atoms with Crippen molar-refractivity contribution in [1.82, 2.24) is 5.32 Å². The molecule has 1 aliphatic rings. The monoisotopic (exact) mass is 179 g/mol. The summed E-state index contributed by atoms with van der Waals surface area (Å²) in [4.78, 5) is 10.2. The molecule has 1 rings (SSSR count). The van der Waals surface area contributed by atoms with E-state index in [2.05, 4.69) is 17.9 Å². The van der Waals surface area contributed by atoms with Crippen LogP contribution in [0.2, 0.25) is 0 Å². The molecular formula is C5H9NO4S. The smallest absolute Gasteiger partial charge is 0.320 e. The first-order chi connectivity index (χ1) is 5.20. The molecule has 0 radical (unpaired) electrons. The molecule has 0 spiro atoms. The number of aliphatic hydroxyl groups excluding tert-OH is 1. The van der Waals surface area contributed by atoms with E-state index in [0.29, 0.717) is 13.0 Å². The average Bonchev–Trinajstić information content (AvgIpc) is 2.40. The molecule has 6 heteroatoms. The van der Waals surface area contributed by atoms with E-state index in [4.69, 9.17) is 14.4 Å². The van der Waals surface area contributed by atoms with E-state index in [0.717, 1.165) is 0 Å². The van der Waals surface area contributed by atoms with Crippen molar-refractivity contribution in [3.05, 3.63) is 0 Å². The summed E-state index contributed by atoms with van der Waals surface area (Å²) < 4.78 is 7.83. The molecule has 1 heterocycles. The van der Waals surface area contributed by atoms with Gasteiger partial charge < -0.3 is 15.5 Å². The maximum Gasteiger partial charge on any atom is 0.320 e. The molecule has 0 bridgehead atoms. The number of carbonyl (C=O) groups is 1. The highest BCUT2D eigenvalue weighted by Crippen LogP contribution is 2.05. The topological polar surface area (TPSA) is 86.6 Å². The van der Waals surface area contributed by atoms with Crippen LogP contribution in [0.5, 0.6) is 0 Å². The molecule has 0 aromatic heterocycles. The zero-order valence-electron chi connectivity index (χ0n) is 5.69. The molecule has 0 unspecified atom stereocenters. The Bertz CT molecular complexity index is 142. The molecule has 0 aliphatic carbocycles. The van der Waals surface area contributed by atoms with Gasteiger partial charge in [-0.15, -0.1) is 0 Å². The predicted octanol–water partition coefficient (Wildman–Crippen LogP) is -1.54. The summed E-state index contributed by atoms with van der Waals surface area (Å²) in [5.41, 5.74) is 0. The molecule has 2 atom stereocenters. The van der Waals surface area contributed by atoms with Crippen LogP contribution in [-0.2, 0) is 17.3 Å². The number of rotatable bonds is 1. The third-order valence-corrected chi connectivity index (χ3v) is 1.41. The van der Waals surface area contributed by atoms with Crippen LogP contribution >= 0.6 is 0 Å². The number of hydrogen-bond acceptors (Lipinski definition) is 5. The van der Waals surface area contributed by atoms with Crippen LogP contribution in [0.4, 0.5) is 0 Å². The van der Waals surface area contributed by atoms with E-state index < -0.39 is 18.1 Å². The fourth-order valence-corrected chi connectivity index (χ4v) is 0.905. The minimum absolute atomic E-state index is 0.329. The summed E-state index contributed by atoms with van der Waals surface area (Å²) in [6, 6.07) is -0.542. The van der Waals surface area contributed by atoms with Gasteiger partial charge in [0.05, 0.1) is 6.10 Å². The van der Waals surface area contributed by atoms with Crippen LogP contribution in [-0.4, -0.2) is 39.1 Å². The molecule has 64 valence electrons. The van der Waals surface area contributed by atoms with Crippen molar-refractivity contribution >= 4 is 18.5 Å². The molecule has 0 saturated carbocycles. The Morgan fingerprint density at radius 1 is 1.55 bits per heavy atom. The first-order valence-corrected chi connectivity index (χ1v) is 3.34. The van der Waals surface area contributed by atoms with E-state index in [-0.39, 0.29) is 0 Å². The van der Waals surface area contributed by atoms with Crippen LogP contribution in [0.3, 0.4) is 0 Å². The Labute approximate surface area is 68.9 Å². The number of aliphatic hydroxyl groups is 1. The quantitative estimate of drug-likeness (QED) is 0.452. The molecule has 0 aromatic carbocycles. The van der Waals surface area contributed by atoms with E-state index >= 15 is 0 Å². The highest BCUT2D eigenvalue weighted by Gasteiger charge is 2.27. The van der Waals surface area contributed by atoms with Gasteiger partial charge in [0.15, 0.2) is 12.5 Å². The molecule has 0 aromatic rings. The predicted molar refractivity (Wildman–Crippen MR) is 38.2 cm³/mol. The van der Waals surface area contributed by atoms with Crippen molar-refractivity contribution in [3.63, 3.8) is 0 Å². The maximum absolute atomic E-state index is 10.2. The second kappa shape index (κ2) is 5.11. The summed E-state index contributed by atoms with van der Waals surface area (Å²) in [7, 11) is 0. The fourth-order valence-electron chi connectivity index (χ4n) is 0.905. The molecule has 1 saturated heterocycles. The standard InChI is InChI=1S/C5H9NO3.OS/c7-3-1-4(5(8)9)6-2-3;1-2/h3-4,6-7H,1-2H2,(H,8,9);/t3-,4+;/m1./s1. The first kappa shape index (κ1) is 10.4. The highest BCUT2D eigenvalue weighted by atomic mass is 32.1. The van der Waals surface area contributed by atoms with Gasteiger partial charge in [-0.1, -0.05) is 0 Å². The summed E-state index contributed by atoms with van der Waals surface area (Å²) >= 11 is 2.83. The molecule has 1 aliphatic heterocycles. The van der Waals surface area contributed by atoms with Crippen LogP contribution in [0.1, 0.15) is 6.42 Å². The minimum atomic E-state index is -0.883. The lowest BCUT2D eigenvalue weighted by Gasteiger charge is -1.99. The normalized spacial score (nSPS) is 28.8. The lowest BCUT2D eigenvalue weighted by molar-refractivity contribution is -0.139. The lowest BCUT2D eigenvalue weighted by atomic mass is 10.2. The average molecular weight is 179 g/mol. The second-order valence-electron chi connectivity index (χ2n) is 2.19. The SMILES string of the molecule is O=C(O)[C@@H]1C[C@@H](O)CN1.O=S. The third kappa shape index (κ3) is 3.35. The lowest BCUT2D eigenvalue weighted by Crippen LogP contribution is -2.29. The molecule has 5 nitrogen and oxygen atoms in total. The van der Waals surface area contributed by atoms with Gasteiger partial charge in [-0.3, -0.25) is 4.79 Å². The van der Waals surface area contributed by atoms with Gasteiger partial charge in [0, 0.05) is 13.0 Å². The van der Waals surface area contributed by atoms with Crippen molar-refractivity contribution in [1.29, 1.82) is 0 Å². The molecule has 1 fully saturated rings. The number of β-amino-alcohol motifs (C(OH)–C–C–N with tert-alkyl or cyclic N) is 1. The van der Waals surface area contributed by atoms with Crippen LogP contribution < -0.4 is 5.32 Å². The van der Waals surface area contributed by atoms with Crippen LogP contribution in [0, 0.1) is 0 Å². The van der Waals surface area contributed by atoms with Gasteiger partial charge in [0.25, 0.3) is 0 Å². The summed E-state index contributed by atoms with van der Waals surface area (Å²) in [5, 5.41) is 19.8. The fraction of sp³-hybridized carbons (Fsp3) is 0.800. The zero-order chi connectivity index (χ0) is 8.85. The maximum atomic E-state index is 10.2. The van der Waals surface area contributed by atoms with E-state index in [1.54, 1.807) is 0 Å². The van der Waals surface area contributed by atoms with Gasteiger partial charge in [-0.25, -0.2) is 0 Å². The Balaban J connectivity index is 0.000000461. The van der Waals surface area contributed by atoms with E-state index in [1.165, 1.54) is 0 Å². The number of hydrogen-bond donors (Lipinski definition) is 3. The minimum Gasteiger partial charge on any atom is -0.480 e. The first-order valence-electron chi connectivity index (χ1n) is 3.01. The molecule has 11 heavy (non-hydrogen) atoms. The van der Waals surface area contributed by atoms with Crippen molar-refractivity contribution in [3.8, 4) is 0 Å². The van der Waals surface area contributed by atoms with Crippen molar-refractivity contribution < 1.29 is 19.2 Å². The Hall–Kier alpha value is -0.590. The molecule has 3 N–H and O–H groups in total. The number of carboxylic acid groups (broad SMARTS) is 1. The second-order valence-corrected chi connectivity index (χ2v) is 2.19. The van der Waals surface area contributed by atoms with Gasteiger partial charge in [0.1, 0.15) is 6.04 Å². The number of aliphatic carboxylic acids is 1. The van der Waals surface area contributed by atoms with Crippen molar-refractivity contribution in [2.24, 2.45) is 0 Å². The zero-order valence-corrected chi connectivity index (χ0v) is 6.50.